The van der Waals surface area contributed by atoms with Gasteiger partial charge >= 0.3 is 0 Å². The van der Waals surface area contributed by atoms with Gasteiger partial charge in [0.15, 0.2) is 0 Å². The van der Waals surface area contributed by atoms with Gasteiger partial charge in [0, 0.05) is 45.1 Å². The van der Waals surface area contributed by atoms with E-state index in [-0.39, 0.29) is 12.5 Å². The molecule has 1 aromatic rings. The van der Waals surface area contributed by atoms with Gasteiger partial charge in [0.05, 0.1) is 6.61 Å². The lowest BCUT2D eigenvalue weighted by Gasteiger charge is -2.34. The lowest BCUT2D eigenvalue weighted by Crippen LogP contribution is -2.50. The van der Waals surface area contributed by atoms with Gasteiger partial charge in [-0.15, -0.1) is 0 Å². The van der Waals surface area contributed by atoms with Crippen LogP contribution in [0.25, 0.3) is 0 Å². The van der Waals surface area contributed by atoms with Crippen LogP contribution in [0, 0.1) is 0 Å². The lowest BCUT2D eigenvalue weighted by molar-refractivity contribution is -0.133. The number of carbonyl (C=O) groups excluding carboxylic acids is 1. The van der Waals surface area contributed by atoms with Crippen molar-refractivity contribution in [3.05, 3.63) is 18.5 Å². The lowest BCUT2D eigenvalue weighted by atomic mass is 10.3. The molecule has 0 spiro atoms. The van der Waals surface area contributed by atoms with Crippen LogP contribution in [0.3, 0.4) is 0 Å². The molecule has 1 aliphatic rings. The van der Waals surface area contributed by atoms with E-state index < -0.39 is 0 Å². The Balaban J connectivity index is 1.78. The van der Waals surface area contributed by atoms with Crippen LogP contribution < -0.4 is 0 Å². The molecule has 0 saturated carbocycles. The number of amides is 1. The zero-order valence-electron chi connectivity index (χ0n) is 9.83. The topological polar surface area (TPSA) is 61.6 Å². The summed E-state index contributed by atoms with van der Waals surface area (Å²) in [5.41, 5.74) is 0. The van der Waals surface area contributed by atoms with Gasteiger partial charge in [-0.05, 0) is 6.07 Å². The van der Waals surface area contributed by atoms with Gasteiger partial charge in [-0.25, -0.2) is 0 Å². The number of carbonyl (C=O) groups is 1. The Morgan fingerprint density at radius 1 is 1.29 bits per heavy atom. The smallest absolute Gasteiger partial charge is 0.244 e. The predicted octanol–water partition coefficient (Wildman–Crippen LogP) is -0.980. The first-order chi connectivity index (χ1) is 8.29. The van der Waals surface area contributed by atoms with Crippen molar-refractivity contribution >= 4 is 5.91 Å². The predicted molar refractivity (Wildman–Crippen MR) is 62.3 cm³/mol. The minimum atomic E-state index is 0.109. The van der Waals surface area contributed by atoms with E-state index >= 15 is 0 Å². The fraction of sp³-hybridized carbons (Fsp3) is 0.636. The number of rotatable bonds is 4. The molecule has 0 aliphatic carbocycles. The van der Waals surface area contributed by atoms with E-state index in [4.69, 9.17) is 5.11 Å². The molecular weight excluding hydrogens is 220 g/mol. The summed E-state index contributed by atoms with van der Waals surface area (Å²) in [5, 5.41) is 12.9. The third-order valence-corrected chi connectivity index (χ3v) is 3.00. The first kappa shape index (κ1) is 12.1. The molecule has 0 aromatic carbocycles. The van der Waals surface area contributed by atoms with Gasteiger partial charge < -0.3 is 10.0 Å². The van der Waals surface area contributed by atoms with Crippen molar-refractivity contribution in [3.63, 3.8) is 0 Å². The quantitative estimate of drug-likeness (QED) is 0.732. The number of nitrogens with zero attached hydrogens (tertiary/aromatic N) is 4. The van der Waals surface area contributed by atoms with Crippen LogP contribution in [0.1, 0.15) is 0 Å². The molecule has 1 aromatic heterocycles. The van der Waals surface area contributed by atoms with Crippen LogP contribution in [-0.2, 0) is 11.3 Å². The van der Waals surface area contributed by atoms with Crippen molar-refractivity contribution in [2.45, 2.75) is 6.54 Å². The minimum Gasteiger partial charge on any atom is -0.395 e. The minimum absolute atomic E-state index is 0.109. The first-order valence-electron chi connectivity index (χ1n) is 5.88. The van der Waals surface area contributed by atoms with Gasteiger partial charge in [0.25, 0.3) is 0 Å². The van der Waals surface area contributed by atoms with Gasteiger partial charge in [-0.3, -0.25) is 14.4 Å². The standard InChI is InChI=1S/C11H18N4O2/c16-9-8-13-4-6-14(7-5-13)11(17)10-15-3-1-2-12-15/h1-3,16H,4-10H2. The third kappa shape index (κ3) is 3.28. The molecule has 0 atom stereocenters. The van der Waals surface area contributed by atoms with E-state index in [0.29, 0.717) is 13.1 Å². The van der Waals surface area contributed by atoms with Crippen LogP contribution in [0.5, 0.6) is 0 Å². The molecule has 17 heavy (non-hydrogen) atoms. The average Bonchev–Trinajstić information content (AvgIpc) is 2.83. The van der Waals surface area contributed by atoms with Gasteiger partial charge in [-0.2, -0.15) is 5.10 Å². The molecule has 2 heterocycles. The maximum Gasteiger partial charge on any atom is 0.244 e. The number of aliphatic hydroxyl groups excluding tert-OH is 1. The second-order valence-corrected chi connectivity index (χ2v) is 4.15. The van der Waals surface area contributed by atoms with Crippen LogP contribution >= 0.6 is 0 Å². The highest BCUT2D eigenvalue weighted by Gasteiger charge is 2.20. The molecule has 94 valence electrons. The number of aliphatic hydroxyl groups is 1. The van der Waals surface area contributed by atoms with Gasteiger partial charge in [0.1, 0.15) is 6.54 Å². The Hall–Kier alpha value is -1.40. The highest BCUT2D eigenvalue weighted by atomic mass is 16.3. The molecule has 1 amide bonds. The maximum absolute atomic E-state index is 11.9. The SMILES string of the molecule is O=C(Cn1cccn1)N1CCN(CCO)CC1. The van der Waals surface area contributed by atoms with Crippen molar-refractivity contribution in [1.29, 1.82) is 0 Å². The van der Waals surface area contributed by atoms with Crippen LogP contribution in [0.2, 0.25) is 0 Å². The van der Waals surface area contributed by atoms with E-state index in [1.165, 1.54) is 0 Å². The maximum atomic E-state index is 11.9. The Bertz CT molecular complexity index is 344. The number of aromatic nitrogens is 2. The first-order valence-corrected chi connectivity index (χ1v) is 5.88. The summed E-state index contributed by atoms with van der Waals surface area (Å²) in [6.07, 6.45) is 3.46. The highest BCUT2D eigenvalue weighted by molar-refractivity contribution is 5.76. The van der Waals surface area contributed by atoms with Gasteiger partial charge in [0.2, 0.25) is 5.91 Å². The molecule has 1 saturated heterocycles. The molecular formula is C11H18N4O2. The zero-order chi connectivity index (χ0) is 12.1. The molecule has 1 fully saturated rings. The third-order valence-electron chi connectivity index (χ3n) is 3.00. The van der Waals surface area contributed by atoms with Crippen molar-refractivity contribution in [2.75, 3.05) is 39.3 Å². The van der Waals surface area contributed by atoms with E-state index in [9.17, 15) is 4.79 Å². The zero-order valence-corrected chi connectivity index (χ0v) is 9.83. The highest BCUT2D eigenvalue weighted by Crippen LogP contribution is 2.02. The Kier molecular flexibility index (Phi) is 4.11. The van der Waals surface area contributed by atoms with Crippen molar-refractivity contribution < 1.29 is 9.90 Å². The monoisotopic (exact) mass is 238 g/mol. The molecule has 6 nitrogen and oxygen atoms in total. The summed E-state index contributed by atoms with van der Waals surface area (Å²) >= 11 is 0. The number of hydrogen-bond acceptors (Lipinski definition) is 4. The number of hydrogen-bond donors (Lipinski definition) is 1. The molecule has 1 N–H and O–H groups in total. The average molecular weight is 238 g/mol. The van der Waals surface area contributed by atoms with Crippen molar-refractivity contribution in [3.8, 4) is 0 Å². The largest absolute Gasteiger partial charge is 0.395 e. The van der Waals surface area contributed by atoms with Gasteiger partial charge in [-0.1, -0.05) is 0 Å². The molecule has 0 unspecified atom stereocenters. The summed E-state index contributed by atoms with van der Waals surface area (Å²) in [5.74, 6) is 0.109. The Morgan fingerprint density at radius 3 is 2.65 bits per heavy atom. The van der Waals surface area contributed by atoms with Crippen LogP contribution in [0.15, 0.2) is 18.5 Å². The van der Waals surface area contributed by atoms with Crippen molar-refractivity contribution in [2.24, 2.45) is 0 Å². The fourth-order valence-corrected chi connectivity index (χ4v) is 1.99. The van der Waals surface area contributed by atoms with Crippen LogP contribution in [-0.4, -0.2) is 69.9 Å². The van der Waals surface area contributed by atoms with E-state index in [1.807, 2.05) is 11.0 Å². The number of β-amino-alcohol motifs (C(OH)–C–C–N with tert-alkyl or cyclic N) is 1. The molecule has 0 radical (unpaired) electrons. The summed E-state index contributed by atoms with van der Waals surface area (Å²) in [6, 6.07) is 1.81. The molecule has 1 aliphatic heterocycles. The van der Waals surface area contributed by atoms with E-state index in [2.05, 4.69) is 10.00 Å². The van der Waals surface area contributed by atoms with Crippen LogP contribution in [0.4, 0.5) is 0 Å². The number of piperazine rings is 1. The Morgan fingerprint density at radius 2 is 2.06 bits per heavy atom. The molecule has 2 rings (SSSR count). The molecule has 0 bridgehead atoms. The van der Waals surface area contributed by atoms with Crippen molar-refractivity contribution in [1.82, 2.24) is 19.6 Å². The summed E-state index contributed by atoms with van der Waals surface area (Å²) < 4.78 is 1.64. The van der Waals surface area contributed by atoms with E-state index in [0.717, 1.165) is 26.2 Å². The summed E-state index contributed by atoms with van der Waals surface area (Å²) in [6.45, 7) is 4.34. The molecule has 6 heteroatoms. The fourth-order valence-electron chi connectivity index (χ4n) is 1.99. The normalized spacial score (nSPS) is 17.4. The second-order valence-electron chi connectivity index (χ2n) is 4.15. The second kappa shape index (κ2) is 5.79. The Labute approximate surface area is 100 Å². The summed E-state index contributed by atoms with van der Waals surface area (Å²) in [4.78, 5) is 15.9. The summed E-state index contributed by atoms with van der Waals surface area (Å²) in [7, 11) is 0. The van der Waals surface area contributed by atoms with E-state index in [1.54, 1.807) is 17.1 Å².